The number of hydrogen-bond donors (Lipinski definition) is 4. The van der Waals surface area contributed by atoms with Gasteiger partial charge in [0.1, 0.15) is 34.9 Å². The molecule has 1 atom stereocenters. The number of hydrogen-bond acceptors (Lipinski definition) is 6. The van der Waals surface area contributed by atoms with E-state index in [0.29, 0.717) is 34.0 Å². The molecule has 0 radical (unpaired) electrons. The van der Waals surface area contributed by atoms with Crippen LogP contribution >= 0.6 is 0 Å². The third-order valence-corrected chi connectivity index (χ3v) is 5.58. The molecule has 0 aliphatic heterocycles. The molecule has 3 heterocycles. The number of rotatable bonds is 4. The number of nitrogens with one attached hydrogen (secondary N) is 2. The van der Waals surface area contributed by atoms with Crippen molar-refractivity contribution in [2.24, 2.45) is 0 Å². The fraction of sp³-hybridized carbons (Fsp3) is 0.0714. The summed E-state index contributed by atoms with van der Waals surface area (Å²) in [5.74, 6) is 5.40. The number of H-pyrrole nitrogens is 1. The maximum atomic E-state index is 14.1. The second-order valence-electron chi connectivity index (χ2n) is 8.35. The van der Waals surface area contributed by atoms with Gasteiger partial charge in [0.2, 0.25) is 0 Å². The Kier molecular flexibility index (Phi) is 6.22. The number of aryl methyl sites for hydroxylation is 1. The Hall–Kier alpha value is -5.23. The number of imidazole rings is 1. The Morgan fingerprint density at radius 2 is 1.86 bits per heavy atom. The number of phenolic OH excluding ortho intramolecular Hbond substituents is 1. The van der Waals surface area contributed by atoms with Crippen molar-refractivity contribution in [1.29, 1.82) is 0 Å². The molecule has 0 aliphatic rings. The fourth-order valence-electron chi connectivity index (χ4n) is 3.89. The number of halogens is 1. The van der Waals surface area contributed by atoms with Gasteiger partial charge in [0, 0.05) is 28.6 Å². The van der Waals surface area contributed by atoms with Gasteiger partial charge in [-0.1, -0.05) is 24.0 Å². The Balaban J connectivity index is 1.51. The van der Waals surface area contributed by atoms with Gasteiger partial charge in [0.15, 0.2) is 0 Å². The first-order chi connectivity index (χ1) is 17.9. The van der Waals surface area contributed by atoms with E-state index in [0.717, 1.165) is 17.6 Å². The molecule has 8 nitrogen and oxygen atoms in total. The van der Waals surface area contributed by atoms with Crippen LogP contribution < -0.4 is 11.1 Å². The van der Waals surface area contributed by atoms with Gasteiger partial charge in [-0.15, -0.1) is 0 Å². The number of anilines is 1. The topological polar surface area (TPSA) is 130 Å². The molecule has 182 valence electrons. The van der Waals surface area contributed by atoms with Gasteiger partial charge < -0.3 is 21.1 Å². The maximum Gasteiger partial charge on any atom is 0.270 e. The SMILES string of the molecule is Cc1cc(C#Cc2ccnc(N)c2)cc(C(=O)N[C@H](c2nc3ccccc3[nH]2)c2cc(F)ccc2O)n1. The number of pyridine rings is 2. The molecular weight excluding hydrogens is 471 g/mol. The molecule has 0 saturated carbocycles. The summed E-state index contributed by atoms with van der Waals surface area (Å²) in [7, 11) is 0. The number of carbonyl (C=O) groups is 1. The van der Waals surface area contributed by atoms with E-state index in [9.17, 15) is 14.3 Å². The molecule has 0 fully saturated rings. The number of para-hydroxylation sites is 2. The number of aromatic hydroxyl groups is 1. The van der Waals surface area contributed by atoms with Crippen molar-refractivity contribution >= 4 is 22.8 Å². The van der Waals surface area contributed by atoms with E-state index in [1.807, 2.05) is 24.3 Å². The van der Waals surface area contributed by atoms with Crippen LogP contribution in [0.3, 0.4) is 0 Å². The molecule has 0 bridgehead atoms. The Bertz CT molecular complexity index is 1670. The van der Waals surface area contributed by atoms with Gasteiger partial charge >= 0.3 is 0 Å². The summed E-state index contributed by atoms with van der Waals surface area (Å²) >= 11 is 0. The van der Waals surface area contributed by atoms with Gasteiger partial charge in [0.25, 0.3) is 5.91 Å². The minimum absolute atomic E-state index is 0.107. The number of nitrogens with zero attached hydrogens (tertiary/aromatic N) is 3. The second kappa shape index (κ2) is 9.79. The van der Waals surface area contributed by atoms with Gasteiger partial charge in [-0.25, -0.2) is 19.3 Å². The van der Waals surface area contributed by atoms with Crippen LogP contribution in [0.4, 0.5) is 10.2 Å². The third kappa shape index (κ3) is 5.23. The van der Waals surface area contributed by atoms with Crippen molar-refractivity contribution < 1.29 is 14.3 Å². The zero-order valence-electron chi connectivity index (χ0n) is 19.7. The van der Waals surface area contributed by atoms with Gasteiger partial charge in [-0.3, -0.25) is 4.79 Å². The minimum atomic E-state index is -0.979. The van der Waals surface area contributed by atoms with Crippen LogP contribution in [-0.4, -0.2) is 30.9 Å². The molecule has 5 N–H and O–H groups in total. The highest BCUT2D eigenvalue weighted by Crippen LogP contribution is 2.30. The fourth-order valence-corrected chi connectivity index (χ4v) is 3.89. The number of amides is 1. The zero-order chi connectivity index (χ0) is 25.9. The summed E-state index contributed by atoms with van der Waals surface area (Å²) in [5.41, 5.74) is 9.20. The summed E-state index contributed by atoms with van der Waals surface area (Å²) in [6, 6.07) is 16.6. The molecule has 3 aromatic heterocycles. The van der Waals surface area contributed by atoms with Gasteiger partial charge in [0.05, 0.1) is 11.0 Å². The molecular formula is C28H21FN6O2. The molecule has 1 amide bonds. The molecule has 37 heavy (non-hydrogen) atoms. The van der Waals surface area contributed by atoms with E-state index >= 15 is 0 Å². The normalized spacial score (nSPS) is 11.5. The molecule has 5 aromatic rings. The predicted octanol–water partition coefficient (Wildman–Crippen LogP) is 4.01. The summed E-state index contributed by atoms with van der Waals surface area (Å²) in [4.78, 5) is 29.4. The number of aromatic nitrogens is 4. The van der Waals surface area contributed by atoms with Crippen LogP contribution in [0.25, 0.3) is 11.0 Å². The first-order valence-electron chi connectivity index (χ1n) is 11.3. The highest BCUT2D eigenvalue weighted by Gasteiger charge is 2.25. The molecule has 5 rings (SSSR count). The lowest BCUT2D eigenvalue weighted by Crippen LogP contribution is -2.31. The minimum Gasteiger partial charge on any atom is -0.508 e. The van der Waals surface area contributed by atoms with Crippen molar-refractivity contribution in [1.82, 2.24) is 25.3 Å². The smallest absolute Gasteiger partial charge is 0.270 e. The Morgan fingerprint density at radius 3 is 2.68 bits per heavy atom. The number of fused-ring (bicyclic) bond motifs is 1. The van der Waals surface area contributed by atoms with Crippen LogP contribution in [0.1, 0.15) is 44.7 Å². The standard InChI is InChI=1S/C28H21FN6O2/c1-16-12-18(7-6-17-10-11-31-25(30)14-17)13-23(32-16)28(37)35-26(20-15-19(29)8-9-24(20)36)27-33-21-4-2-3-5-22(21)34-27/h2-5,8-15,26,36H,1H3,(H2,30,31)(H,33,34)(H,35,37)/t26-/m0/s1. The molecule has 9 heteroatoms. The summed E-state index contributed by atoms with van der Waals surface area (Å²) in [6.45, 7) is 1.75. The van der Waals surface area contributed by atoms with Crippen molar-refractivity contribution in [3.63, 3.8) is 0 Å². The van der Waals surface area contributed by atoms with E-state index in [-0.39, 0.29) is 17.0 Å². The van der Waals surface area contributed by atoms with Gasteiger partial charge in [-0.05, 0) is 61.5 Å². The van der Waals surface area contributed by atoms with Crippen molar-refractivity contribution in [3.05, 3.63) is 113 Å². The molecule has 0 aliphatic carbocycles. The highest BCUT2D eigenvalue weighted by molar-refractivity contribution is 5.93. The molecule has 2 aromatic carbocycles. The largest absolute Gasteiger partial charge is 0.508 e. The lowest BCUT2D eigenvalue weighted by molar-refractivity contribution is 0.0936. The predicted molar refractivity (Wildman–Crippen MR) is 137 cm³/mol. The third-order valence-electron chi connectivity index (χ3n) is 5.58. The summed E-state index contributed by atoms with van der Waals surface area (Å²) in [5, 5.41) is 13.3. The average Bonchev–Trinajstić information content (AvgIpc) is 3.31. The van der Waals surface area contributed by atoms with E-state index < -0.39 is 17.8 Å². The van der Waals surface area contributed by atoms with E-state index in [1.165, 1.54) is 6.07 Å². The van der Waals surface area contributed by atoms with Gasteiger partial charge in [-0.2, -0.15) is 0 Å². The van der Waals surface area contributed by atoms with E-state index in [4.69, 9.17) is 5.73 Å². The lowest BCUT2D eigenvalue weighted by Gasteiger charge is -2.18. The Morgan fingerprint density at radius 1 is 1.05 bits per heavy atom. The summed E-state index contributed by atoms with van der Waals surface area (Å²) in [6.07, 6.45) is 1.57. The van der Waals surface area contributed by atoms with Crippen molar-refractivity contribution in [3.8, 4) is 17.6 Å². The lowest BCUT2D eigenvalue weighted by atomic mass is 10.0. The molecule has 0 saturated heterocycles. The number of nitrogen functional groups attached to an aromatic ring is 1. The summed E-state index contributed by atoms with van der Waals surface area (Å²) < 4.78 is 14.1. The Labute approximate surface area is 211 Å². The van der Waals surface area contributed by atoms with E-state index in [2.05, 4.69) is 37.1 Å². The first-order valence-corrected chi connectivity index (χ1v) is 11.3. The quantitative estimate of drug-likeness (QED) is 0.281. The number of phenols is 1. The van der Waals surface area contributed by atoms with E-state index in [1.54, 1.807) is 37.4 Å². The molecule has 0 spiro atoms. The number of nitrogens with two attached hydrogens (primary N) is 1. The van der Waals surface area contributed by atoms with Crippen LogP contribution in [-0.2, 0) is 0 Å². The van der Waals surface area contributed by atoms with Crippen molar-refractivity contribution in [2.75, 3.05) is 5.73 Å². The molecule has 0 unspecified atom stereocenters. The second-order valence-corrected chi connectivity index (χ2v) is 8.35. The van der Waals surface area contributed by atoms with Crippen LogP contribution in [0.15, 0.2) is 72.9 Å². The van der Waals surface area contributed by atoms with Crippen LogP contribution in [0, 0.1) is 24.6 Å². The number of aromatic amines is 1. The number of carbonyl (C=O) groups excluding carboxylic acids is 1. The van der Waals surface area contributed by atoms with Crippen molar-refractivity contribution in [2.45, 2.75) is 13.0 Å². The monoisotopic (exact) mass is 492 g/mol. The first kappa shape index (κ1) is 23.5. The average molecular weight is 493 g/mol. The number of benzene rings is 2. The van der Waals surface area contributed by atoms with Crippen LogP contribution in [0.5, 0.6) is 5.75 Å². The highest BCUT2D eigenvalue weighted by atomic mass is 19.1. The maximum absolute atomic E-state index is 14.1. The zero-order valence-corrected chi connectivity index (χ0v) is 19.7. The van der Waals surface area contributed by atoms with Crippen LogP contribution in [0.2, 0.25) is 0 Å².